The smallest absolute Gasteiger partial charge is 0.307 e. The van der Waals surface area contributed by atoms with Crippen LogP contribution in [0.2, 0.25) is 0 Å². The molecular formula is C17H19NO5. The molecule has 2 aromatic rings. The molecule has 1 heterocycles. The first-order valence-electron chi connectivity index (χ1n) is 7.21. The zero-order chi connectivity index (χ0) is 16.8. The number of primary amides is 1. The summed E-state index contributed by atoms with van der Waals surface area (Å²) in [7, 11) is 1.61. The van der Waals surface area contributed by atoms with Gasteiger partial charge < -0.3 is 19.6 Å². The molecule has 6 heteroatoms. The second-order valence-corrected chi connectivity index (χ2v) is 5.03. The van der Waals surface area contributed by atoms with Gasteiger partial charge in [0.15, 0.2) is 6.10 Å². The van der Waals surface area contributed by atoms with E-state index in [2.05, 4.69) is 0 Å². The Balaban J connectivity index is 1.91. The lowest BCUT2D eigenvalue weighted by molar-refractivity contribution is -0.153. The first kappa shape index (κ1) is 16.6. The predicted octanol–water partition coefficient (Wildman–Crippen LogP) is 2.30. The molecule has 0 aliphatic rings. The summed E-state index contributed by atoms with van der Waals surface area (Å²) < 4.78 is 15.7. The van der Waals surface area contributed by atoms with Crippen molar-refractivity contribution in [2.75, 3.05) is 7.11 Å². The number of carbonyl (C=O) groups is 2. The summed E-state index contributed by atoms with van der Waals surface area (Å²) >= 11 is 0. The van der Waals surface area contributed by atoms with Crippen LogP contribution in [0.1, 0.15) is 19.1 Å². The van der Waals surface area contributed by atoms with Crippen LogP contribution in [-0.4, -0.2) is 25.1 Å². The summed E-state index contributed by atoms with van der Waals surface area (Å²) in [5.41, 5.74) is 5.95. The minimum Gasteiger partial charge on any atom is -0.497 e. The molecule has 6 nitrogen and oxygen atoms in total. The summed E-state index contributed by atoms with van der Waals surface area (Å²) in [5, 5.41) is 0. The Morgan fingerprint density at radius 3 is 2.48 bits per heavy atom. The number of hydrogen-bond acceptors (Lipinski definition) is 5. The van der Waals surface area contributed by atoms with Crippen molar-refractivity contribution in [2.24, 2.45) is 5.73 Å². The average molecular weight is 317 g/mol. The molecule has 23 heavy (non-hydrogen) atoms. The van der Waals surface area contributed by atoms with Gasteiger partial charge in [0.05, 0.1) is 13.5 Å². The molecule has 0 aliphatic heterocycles. The topological polar surface area (TPSA) is 91.8 Å². The molecule has 2 N–H and O–H groups in total. The molecule has 0 spiro atoms. The minimum atomic E-state index is -0.922. The van der Waals surface area contributed by atoms with Gasteiger partial charge in [0.2, 0.25) is 0 Å². The van der Waals surface area contributed by atoms with E-state index in [0.717, 1.165) is 11.3 Å². The molecule has 0 fully saturated rings. The number of rotatable bonds is 7. The first-order chi connectivity index (χ1) is 11.0. The monoisotopic (exact) mass is 317 g/mol. The molecule has 1 atom stereocenters. The first-order valence-corrected chi connectivity index (χ1v) is 7.21. The fourth-order valence-corrected chi connectivity index (χ4v) is 1.96. The van der Waals surface area contributed by atoms with E-state index < -0.39 is 18.0 Å². The number of nitrogens with two attached hydrogens (primary N) is 1. The van der Waals surface area contributed by atoms with Crippen LogP contribution in [0.5, 0.6) is 5.75 Å². The van der Waals surface area contributed by atoms with Gasteiger partial charge in [-0.25, -0.2) is 0 Å². The van der Waals surface area contributed by atoms with Crippen molar-refractivity contribution in [3.8, 4) is 17.1 Å². The lowest BCUT2D eigenvalue weighted by Crippen LogP contribution is -2.30. The van der Waals surface area contributed by atoms with Crippen LogP contribution in [0, 0.1) is 0 Å². The molecule has 1 amide bonds. The van der Waals surface area contributed by atoms with E-state index in [1.165, 1.54) is 6.92 Å². The van der Waals surface area contributed by atoms with E-state index in [1.807, 2.05) is 36.4 Å². The fourth-order valence-electron chi connectivity index (χ4n) is 1.96. The molecule has 122 valence electrons. The standard InChI is InChI=1S/C17H19NO5/c1-11(17(18)20)22-16(19)10-8-14-7-9-15(23-14)12-3-5-13(21-2)6-4-12/h3-7,9,11H,8,10H2,1-2H3,(H2,18,20). The van der Waals surface area contributed by atoms with Crippen LogP contribution in [-0.2, 0) is 20.7 Å². The largest absolute Gasteiger partial charge is 0.497 e. The Bertz CT molecular complexity index is 675. The summed E-state index contributed by atoms with van der Waals surface area (Å²) in [6.45, 7) is 1.44. The maximum atomic E-state index is 11.6. The lowest BCUT2D eigenvalue weighted by Gasteiger charge is -2.08. The predicted molar refractivity (Wildman–Crippen MR) is 83.8 cm³/mol. The molecule has 0 radical (unpaired) electrons. The number of aryl methyl sites for hydroxylation is 1. The number of methoxy groups -OCH3 is 1. The molecule has 1 aromatic heterocycles. The highest BCUT2D eigenvalue weighted by atomic mass is 16.5. The number of furan rings is 1. The van der Waals surface area contributed by atoms with Gasteiger partial charge in [0.25, 0.3) is 5.91 Å². The van der Waals surface area contributed by atoms with Crippen molar-refractivity contribution in [3.63, 3.8) is 0 Å². The summed E-state index contributed by atoms with van der Waals surface area (Å²) in [6.07, 6.45) is -0.415. The quantitative estimate of drug-likeness (QED) is 0.791. The van der Waals surface area contributed by atoms with E-state index in [0.29, 0.717) is 17.9 Å². The SMILES string of the molecule is COc1ccc(-c2ccc(CCC(=O)OC(C)C(N)=O)o2)cc1. The molecule has 0 saturated carbocycles. The number of amides is 1. The van der Waals surface area contributed by atoms with Gasteiger partial charge in [0, 0.05) is 12.0 Å². The average Bonchev–Trinajstić information content (AvgIpc) is 3.02. The van der Waals surface area contributed by atoms with Crippen LogP contribution in [0.25, 0.3) is 11.3 Å². The van der Waals surface area contributed by atoms with Crippen LogP contribution in [0.15, 0.2) is 40.8 Å². The number of hydrogen-bond donors (Lipinski definition) is 1. The van der Waals surface area contributed by atoms with Crippen molar-refractivity contribution in [1.29, 1.82) is 0 Å². The van der Waals surface area contributed by atoms with E-state index in [1.54, 1.807) is 7.11 Å². The number of ether oxygens (including phenoxy) is 2. The van der Waals surface area contributed by atoms with E-state index in [-0.39, 0.29) is 6.42 Å². The van der Waals surface area contributed by atoms with Gasteiger partial charge in [-0.3, -0.25) is 9.59 Å². The van der Waals surface area contributed by atoms with Crippen molar-refractivity contribution in [2.45, 2.75) is 25.9 Å². The van der Waals surface area contributed by atoms with E-state index in [4.69, 9.17) is 19.6 Å². The maximum Gasteiger partial charge on any atom is 0.307 e. The molecular weight excluding hydrogens is 298 g/mol. The molecule has 0 saturated heterocycles. The van der Waals surface area contributed by atoms with Gasteiger partial charge >= 0.3 is 5.97 Å². The third-order valence-electron chi connectivity index (χ3n) is 3.32. The molecule has 0 aliphatic carbocycles. The molecule has 1 unspecified atom stereocenters. The van der Waals surface area contributed by atoms with E-state index >= 15 is 0 Å². The Kier molecular flexibility index (Phi) is 5.41. The van der Waals surface area contributed by atoms with Crippen LogP contribution < -0.4 is 10.5 Å². The van der Waals surface area contributed by atoms with Crippen molar-refractivity contribution in [1.82, 2.24) is 0 Å². The third kappa shape index (κ3) is 4.60. The summed E-state index contributed by atoms with van der Waals surface area (Å²) in [6, 6.07) is 11.1. The summed E-state index contributed by atoms with van der Waals surface area (Å²) in [5.74, 6) is 0.990. The Morgan fingerprint density at radius 2 is 1.87 bits per heavy atom. The number of esters is 1. The van der Waals surface area contributed by atoms with E-state index in [9.17, 15) is 9.59 Å². The van der Waals surface area contributed by atoms with Gasteiger partial charge in [-0.05, 0) is 43.3 Å². The normalized spacial score (nSPS) is 11.7. The minimum absolute atomic E-state index is 0.118. The number of benzene rings is 1. The Morgan fingerprint density at radius 1 is 1.17 bits per heavy atom. The van der Waals surface area contributed by atoms with Gasteiger partial charge in [-0.1, -0.05) is 0 Å². The highest BCUT2D eigenvalue weighted by molar-refractivity contribution is 5.81. The van der Waals surface area contributed by atoms with Crippen molar-refractivity contribution < 1.29 is 23.5 Å². The third-order valence-corrected chi connectivity index (χ3v) is 3.32. The maximum absolute atomic E-state index is 11.6. The highest BCUT2D eigenvalue weighted by Gasteiger charge is 2.15. The zero-order valence-electron chi connectivity index (χ0n) is 13.1. The number of carbonyl (C=O) groups excluding carboxylic acids is 2. The van der Waals surface area contributed by atoms with Gasteiger partial charge in [-0.2, -0.15) is 0 Å². The second kappa shape index (κ2) is 7.49. The van der Waals surface area contributed by atoms with Crippen LogP contribution in [0.3, 0.4) is 0 Å². The highest BCUT2D eigenvalue weighted by Crippen LogP contribution is 2.25. The Labute approximate surface area is 134 Å². The van der Waals surface area contributed by atoms with Crippen LogP contribution >= 0.6 is 0 Å². The Hall–Kier alpha value is -2.76. The second-order valence-electron chi connectivity index (χ2n) is 5.03. The molecule has 1 aromatic carbocycles. The van der Waals surface area contributed by atoms with Gasteiger partial charge in [-0.15, -0.1) is 0 Å². The fraction of sp³-hybridized carbons (Fsp3) is 0.294. The van der Waals surface area contributed by atoms with Crippen molar-refractivity contribution >= 4 is 11.9 Å². The van der Waals surface area contributed by atoms with Crippen molar-refractivity contribution in [3.05, 3.63) is 42.2 Å². The van der Waals surface area contributed by atoms with Gasteiger partial charge in [0.1, 0.15) is 17.3 Å². The van der Waals surface area contributed by atoms with Crippen LogP contribution in [0.4, 0.5) is 0 Å². The zero-order valence-corrected chi connectivity index (χ0v) is 13.1. The summed E-state index contributed by atoms with van der Waals surface area (Å²) in [4.78, 5) is 22.4. The molecule has 0 bridgehead atoms. The molecule has 2 rings (SSSR count). The lowest BCUT2D eigenvalue weighted by atomic mass is 10.2.